The van der Waals surface area contributed by atoms with E-state index in [2.05, 4.69) is 0 Å². The second-order valence-electron chi connectivity index (χ2n) is 6.89. The molecule has 0 aliphatic heterocycles. The molecule has 0 aliphatic carbocycles. The summed E-state index contributed by atoms with van der Waals surface area (Å²) in [4.78, 5) is 24.2. The van der Waals surface area contributed by atoms with Gasteiger partial charge in [0.05, 0.1) is 11.3 Å². The summed E-state index contributed by atoms with van der Waals surface area (Å²) in [6, 6.07) is 8.24. The predicted molar refractivity (Wildman–Crippen MR) is 105 cm³/mol. The van der Waals surface area contributed by atoms with Crippen LogP contribution in [-0.2, 0) is 26.9 Å². The number of ether oxygens (including phenoxy) is 1. The molecule has 0 saturated carbocycles. The predicted octanol–water partition coefficient (Wildman–Crippen LogP) is 3.72. The highest BCUT2D eigenvalue weighted by molar-refractivity contribution is 7.89. The molecule has 0 aromatic heterocycles. The first-order valence-electron chi connectivity index (χ1n) is 8.54. The average molecular weight is 388 g/mol. The van der Waals surface area contributed by atoms with Crippen molar-refractivity contribution in [1.29, 1.82) is 0 Å². The van der Waals surface area contributed by atoms with Crippen molar-refractivity contribution >= 4 is 21.6 Å². The Kier molecular flexibility index (Phi) is 6.21. The largest absolute Gasteiger partial charge is 0.457 e. The van der Waals surface area contributed by atoms with Crippen molar-refractivity contribution in [3.8, 4) is 0 Å². The van der Waals surface area contributed by atoms with Crippen LogP contribution < -0.4 is 0 Å². The quantitative estimate of drug-likeness (QED) is 0.557. The number of carbonyl (C=O) groups is 2. The van der Waals surface area contributed by atoms with Crippen LogP contribution in [0.2, 0.25) is 0 Å². The Morgan fingerprint density at radius 3 is 2.11 bits per heavy atom. The topological polar surface area (TPSA) is 77.5 Å². The molecule has 0 bridgehead atoms. The molecule has 27 heavy (non-hydrogen) atoms. The van der Waals surface area contributed by atoms with Gasteiger partial charge < -0.3 is 4.74 Å². The summed E-state index contributed by atoms with van der Waals surface area (Å²) in [7, 11) is -3.12. The Labute approximate surface area is 160 Å². The lowest BCUT2D eigenvalue weighted by Gasteiger charge is -2.16. The molecule has 5 nitrogen and oxygen atoms in total. The Hall–Kier alpha value is -2.47. The monoisotopic (exact) mass is 388 g/mol. The summed E-state index contributed by atoms with van der Waals surface area (Å²) in [6.07, 6.45) is 1.16. The maximum atomic E-state index is 12.3. The first-order valence-corrected chi connectivity index (χ1v) is 10.6. The molecule has 0 saturated heterocycles. The van der Waals surface area contributed by atoms with Crippen LogP contribution in [-0.4, -0.2) is 26.4 Å². The summed E-state index contributed by atoms with van der Waals surface area (Å²) >= 11 is 0. The molecule has 2 rings (SSSR count). The molecular weight excluding hydrogens is 364 g/mol. The fourth-order valence-corrected chi connectivity index (χ4v) is 4.05. The molecule has 0 aliphatic rings. The molecule has 0 atom stereocenters. The van der Waals surface area contributed by atoms with Gasteiger partial charge in [-0.25, -0.2) is 13.2 Å². The van der Waals surface area contributed by atoms with Crippen molar-refractivity contribution in [2.45, 2.75) is 40.1 Å². The van der Waals surface area contributed by atoms with E-state index in [0.29, 0.717) is 16.7 Å². The Balaban J connectivity index is 2.16. The molecule has 2 aromatic carbocycles. The van der Waals surface area contributed by atoms with Crippen molar-refractivity contribution in [3.63, 3.8) is 0 Å². The molecule has 0 fully saturated rings. The van der Waals surface area contributed by atoms with E-state index < -0.39 is 15.8 Å². The second-order valence-corrected chi connectivity index (χ2v) is 9.03. The average Bonchev–Trinajstić information content (AvgIpc) is 2.52. The van der Waals surface area contributed by atoms with Gasteiger partial charge in [-0.05, 0) is 67.6 Å². The van der Waals surface area contributed by atoms with Crippen LogP contribution >= 0.6 is 0 Å². The summed E-state index contributed by atoms with van der Waals surface area (Å²) in [6.45, 7) is 7.28. The normalized spacial score (nSPS) is 11.3. The van der Waals surface area contributed by atoms with Gasteiger partial charge in [-0.1, -0.05) is 18.2 Å². The van der Waals surface area contributed by atoms with Crippen molar-refractivity contribution in [2.75, 3.05) is 6.26 Å². The smallest absolute Gasteiger partial charge is 0.338 e. The lowest BCUT2D eigenvalue weighted by Crippen LogP contribution is -2.10. The van der Waals surface area contributed by atoms with Gasteiger partial charge in [0.15, 0.2) is 15.6 Å². The van der Waals surface area contributed by atoms with Gasteiger partial charge in [0.1, 0.15) is 6.61 Å². The second kappa shape index (κ2) is 8.05. The number of hydrogen-bond acceptors (Lipinski definition) is 5. The lowest BCUT2D eigenvalue weighted by molar-refractivity contribution is 0.0471. The molecule has 0 heterocycles. The van der Waals surface area contributed by atoms with Gasteiger partial charge >= 0.3 is 5.97 Å². The first kappa shape index (κ1) is 20.8. The van der Waals surface area contributed by atoms with E-state index >= 15 is 0 Å². The molecule has 0 radical (unpaired) electrons. The van der Waals surface area contributed by atoms with Crippen LogP contribution in [0.4, 0.5) is 0 Å². The zero-order valence-electron chi connectivity index (χ0n) is 16.3. The van der Waals surface area contributed by atoms with Gasteiger partial charge in [0.25, 0.3) is 0 Å². The fourth-order valence-electron chi connectivity index (χ4n) is 3.25. The van der Waals surface area contributed by atoms with E-state index in [4.69, 9.17) is 4.74 Å². The van der Waals surface area contributed by atoms with E-state index in [1.807, 2.05) is 26.8 Å². The SMILES string of the molecule is CC(=O)c1c(C)cc(C)c(COC(=O)c2ccc(CS(C)(=O)=O)cc2)c1C. The minimum absolute atomic E-state index is 0.0148. The lowest BCUT2D eigenvalue weighted by atomic mass is 9.92. The van der Waals surface area contributed by atoms with E-state index in [1.165, 1.54) is 6.92 Å². The van der Waals surface area contributed by atoms with Gasteiger partial charge in [0, 0.05) is 11.8 Å². The molecule has 144 valence electrons. The van der Waals surface area contributed by atoms with Crippen LogP contribution in [0.3, 0.4) is 0 Å². The molecule has 2 aromatic rings. The third kappa shape index (κ3) is 5.26. The third-order valence-corrected chi connectivity index (χ3v) is 5.31. The highest BCUT2D eigenvalue weighted by Crippen LogP contribution is 2.24. The zero-order chi connectivity index (χ0) is 20.4. The van der Waals surface area contributed by atoms with Gasteiger partial charge in [-0.15, -0.1) is 0 Å². The molecule has 0 spiro atoms. The van der Waals surface area contributed by atoms with E-state index in [1.54, 1.807) is 24.3 Å². The van der Waals surface area contributed by atoms with E-state index in [-0.39, 0.29) is 18.1 Å². The highest BCUT2D eigenvalue weighted by Gasteiger charge is 2.16. The van der Waals surface area contributed by atoms with Crippen molar-refractivity contribution < 1.29 is 22.7 Å². The number of rotatable bonds is 6. The van der Waals surface area contributed by atoms with Crippen LogP contribution in [0.25, 0.3) is 0 Å². The van der Waals surface area contributed by atoms with Crippen molar-refractivity contribution in [3.05, 3.63) is 69.3 Å². The minimum atomic E-state index is -3.12. The number of ketones is 1. The van der Waals surface area contributed by atoms with Gasteiger partial charge in [0.2, 0.25) is 0 Å². The maximum Gasteiger partial charge on any atom is 0.338 e. The number of Topliss-reactive ketones (excluding diaryl/α,β-unsaturated/α-hetero) is 1. The summed E-state index contributed by atoms with van der Waals surface area (Å²) in [5.41, 5.74) is 5.16. The number of sulfone groups is 1. The van der Waals surface area contributed by atoms with E-state index in [0.717, 1.165) is 28.5 Å². The molecule has 6 heteroatoms. The Morgan fingerprint density at radius 1 is 1.00 bits per heavy atom. The Bertz CT molecular complexity index is 986. The number of benzene rings is 2. The van der Waals surface area contributed by atoms with Crippen LogP contribution in [0.1, 0.15) is 55.5 Å². The molecule has 0 amide bonds. The van der Waals surface area contributed by atoms with Gasteiger partial charge in [-0.2, -0.15) is 0 Å². The number of carbonyl (C=O) groups excluding carboxylic acids is 2. The number of hydrogen-bond donors (Lipinski definition) is 0. The summed E-state index contributed by atoms with van der Waals surface area (Å²) < 4.78 is 28.1. The summed E-state index contributed by atoms with van der Waals surface area (Å²) in [5, 5.41) is 0. The molecule has 0 unspecified atom stereocenters. The maximum absolute atomic E-state index is 12.3. The highest BCUT2D eigenvalue weighted by atomic mass is 32.2. The Morgan fingerprint density at radius 2 is 1.59 bits per heavy atom. The van der Waals surface area contributed by atoms with Crippen LogP contribution in [0.5, 0.6) is 0 Å². The fraction of sp³-hybridized carbons (Fsp3) is 0.333. The number of aryl methyl sites for hydroxylation is 2. The first-order chi connectivity index (χ1) is 12.5. The van der Waals surface area contributed by atoms with Crippen LogP contribution in [0.15, 0.2) is 30.3 Å². The van der Waals surface area contributed by atoms with Gasteiger partial charge in [-0.3, -0.25) is 4.79 Å². The minimum Gasteiger partial charge on any atom is -0.457 e. The van der Waals surface area contributed by atoms with Crippen LogP contribution in [0, 0.1) is 20.8 Å². The third-order valence-electron chi connectivity index (χ3n) is 4.45. The standard InChI is InChI=1S/C21H24O5S/c1-13-10-14(2)20(16(4)22)15(3)19(13)11-26-21(23)18-8-6-17(7-9-18)12-27(5,24)25/h6-10H,11-12H2,1-5H3. The summed E-state index contributed by atoms with van der Waals surface area (Å²) in [5.74, 6) is -0.582. The van der Waals surface area contributed by atoms with E-state index in [9.17, 15) is 18.0 Å². The number of esters is 1. The molecular formula is C21H24O5S. The zero-order valence-corrected chi connectivity index (χ0v) is 17.1. The van der Waals surface area contributed by atoms with Crippen molar-refractivity contribution in [2.24, 2.45) is 0 Å². The molecule has 0 N–H and O–H groups in total. The van der Waals surface area contributed by atoms with Crippen molar-refractivity contribution in [1.82, 2.24) is 0 Å².